The second-order valence-electron chi connectivity index (χ2n) is 5.63. The molecular formula is C20H19ClN3O+. The van der Waals surface area contributed by atoms with Gasteiger partial charge >= 0.3 is 0 Å². The number of carbonyl (C=O) groups is 1. The third-order valence-corrected chi connectivity index (χ3v) is 4.16. The normalized spacial score (nSPS) is 11.1. The molecule has 0 amide bonds. The second kappa shape index (κ2) is 7.90. The molecule has 5 heteroatoms. The molecule has 126 valence electrons. The average Bonchev–Trinajstić information content (AvgIpc) is 3.03. The number of halogens is 1. The summed E-state index contributed by atoms with van der Waals surface area (Å²) < 4.78 is 3.74. The Bertz CT molecular complexity index is 883. The van der Waals surface area contributed by atoms with E-state index in [-0.39, 0.29) is 12.3 Å². The fourth-order valence-electron chi connectivity index (χ4n) is 2.61. The van der Waals surface area contributed by atoms with Crippen molar-refractivity contribution in [1.82, 2.24) is 4.68 Å². The Labute approximate surface area is 152 Å². The molecule has 0 bridgehead atoms. The molecule has 0 N–H and O–H groups in total. The lowest BCUT2D eigenvalue weighted by Gasteiger charge is -2.01. The van der Waals surface area contributed by atoms with Crippen LogP contribution in [0, 0.1) is 0 Å². The van der Waals surface area contributed by atoms with Gasteiger partial charge in [0.05, 0.1) is 6.21 Å². The standard InChI is InChI=1S/C20H19ClN3O/c1-2-20-23(15-19(25)17-8-10-18(21)11-9-17)12-13-24(20)22-14-16-6-4-3-5-7-16/h3-14H,2,15H2,1H3/q+1/b22-14+. The first-order valence-corrected chi connectivity index (χ1v) is 8.53. The van der Waals surface area contributed by atoms with Crippen molar-refractivity contribution in [3.05, 3.63) is 89.0 Å². The zero-order valence-electron chi connectivity index (χ0n) is 14.0. The average molecular weight is 353 g/mol. The highest BCUT2D eigenvalue weighted by Crippen LogP contribution is 2.10. The number of hydrogen-bond donors (Lipinski definition) is 0. The van der Waals surface area contributed by atoms with Gasteiger partial charge in [0.15, 0.2) is 12.7 Å². The molecular weight excluding hydrogens is 334 g/mol. The van der Waals surface area contributed by atoms with Crippen LogP contribution < -0.4 is 4.57 Å². The van der Waals surface area contributed by atoms with Crippen molar-refractivity contribution in [1.29, 1.82) is 0 Å². The van der Waals surface area contributed by atoms with E-state index in [0.717, 1.165) is 17.8 Å². The first kappa shape index (κ1) is 17.1. The van der Waals surface area contributed by atoms with Crippen molar-refractivity contribution >= 4 is 23.6 Å². The van der Waals surface area contributed by atoms with E-state index in [1.807, 2.05) is 65.1 Å². The van der Waals surface area contributed by atoms with E-state index in [1.54, 1.807) is 24.3 Å². The maximum atomic E-state index is 12.5. The third-order valence-electron chi connectivity index (χ3n) is 3.91. The third kappa shape index (κ3) is 4.22. The summed E-state index contributed by atoms with van der Waals surface area (Å²) in [5.41, 5.74) is 1.68. The first-order valence-electron chi connectivity index (χ1n) is 8.15. The van der Waals surface area contributed by atoms with E-state index >= 15 is 0 Å². The lowest BCUT2D eigenvalue weighted by molar-refractivity contribution is -0.690. The molecule has 3 rings (SSSR count). The van der Waals surface area contributed by atoms with Gasteiger partial charge in [0.2, 0.25) is 5.78 Å². The quantitative estimate of drug-likeness (QED) is 0.378. The summed E-state index contributed by atoms with van der Waals surface area (Å²) in [6.07, 6.45) is 6.33. The van der Waals surface area contributed by atoms with Crippen LogP contribution >= 0.6 is 11.6 Å². The van der Waals surface area contributed by atoms with Crippen LogP contribution in [0.2, 0.25) is 5.02 Å². The molecule has 2 aromatic carbocycles. The fourth-order valence-corrected chi connectivity index (χ4v) is 2.74. The van der Waals surface area contributed by atoms with Crippen molar-refractivity contribution in [2.24, 2.45) is 5.10 Å². The van der Waals surface area contributed by atoms with E-state index in [0.29, 0.717) is 10.6 Å². The topological polar surface area (TPSA) is 38.2 Å². The summed E-state index contributed by atoms with van der Waals surface area (Å²) in [4.78, 5) is 12.5. The number of hydrogen-bond acceptors (Lipinski definition) is 2. The molecule has 0 aliphatic carbocycles. The lowest BCUT2D eigenvalue weighted by Crippen LogP contribution is -2.40. The minimum absolute atomic E-state index is 0.0427. The zero-order chi connectivity index (χ0) is 17.6. The highest BCUT2D eigenvalue weighted by molar-refractivity contribution is 6.30. The SMILES string of the molecule is CCc1n(/N=C/c2ccccc2)cc[n+]1CC(=O)c1ccc(Cl)cc1. The van der Waals surface area contributed by atoms with Crippen LogP contribution in [0.3, 0.4) is 0 Å². The monoisotopic (exact) mass is 352 g/mol. The smallest absolute Gasteiger partial charge is 0.282 e. The minimum Gasteiger partial charge on any atom is -0.290 e. The molecule has 3 aromatic rings. The Balaban J connectivity index is 1.79. The number of carbonyl (C=O) groups excluding carboxylic acids is 1. The van der Waals surface area contributed by atoms with E-state index in [9.17, 15) is 4.79 Å². The highest BCUT2D eigenvalue weighted by Gasteiger charge is 2.18. The number of imidazole rings is 1. The number of rotatable bonds is 6. The minimum atomic E-state index is 0.0427. The predicted octanol–water partition coefficient (Wildman–Crippen LogP) is 3.76. The molecule has 0 fully saturated rings. The molecule has 1 aromatic heterocycles. The molecule has 0 unspecified atom stereocenters. The second-order valence-corrected chi connectivity index (χ2v) is 6.06. The maximum absolute atomic E-state index is 12.5. The summed E-state index contributed by atoms with van der Waals surface area (Å²) in [5.74, 6) is 1.01. The van der Waals surface area contributed by atoms with Crippen LogP contribution in [0.25, 0.3) is 0 Å². The Morgan fingerprint density at radius 3 is 2.56 bits per heavy atom. The van der Waals surface area contributed by atoms with Crippen LogP contribution in [-0.2, 0) is 13.0 Å². The summed E-state index contributed by atoms with van der Waals surface area (Å²) in [6, 6.07) is 16.9. The Morgan fingerprint density at radius 2 is 1.88 bits per heavy atom. The van der Waals surface area contributed by atoms with E-state index in [2.05, 4.69) is 5.10 Å². The molecule has 0 atom stereocenters. The molecule has 0 aliphatic rings. The van der Waals surface area contributed by atoms with Gasteiger partial charge in [0.1, 0.15) is 6.20 Å². The fraction of sp³-hybridized carbons (Fsp3) is 0.150. The Morgan fingerprint density at radius 1 is 1.16 bits per heavy atom. The van der Waals surface area contributed by atoms with Crippen LogP contribution in [0.15, 0.2) is 72.1 Å². The van der Waals surface area contributed by atoms with Crippen molar-refractivity contribution in [3.63, 3.8) is 0 Å². The van der Waals surface area contributed by atoms with Crippen LogP contribution in [0.1, 0.15) is 28.7 Å². The number of aromatic nitrogens is 2. The predicted molar refractivity (Wildman–Crippen MR) is 99.2 cm³/mol. The van der Waals surface area contributed by atoms with Gasteiger partial charge < -0.3 is 0 Å². The Hall–Kier alpha value is -2.72. The van der Waals surface area contributed by atoms with Crippen LogP contribution in [0.4, 0.5) is 0 Å². The first-order chi connectivity index (χ1) is 12.2. The van der Waals surface area contributed by atoms with E-state index in [4.69, 9.17) is 11.6 Å². The van der Waals surface area contributed by atoms with Gasteiger partial charge in [0, 0.05) is 17.0 Å². The van der Waals surface area contributed by atoms with Gasteiger partial charge in [-0.25, -0.2) is 4.57 Å². The van der Waals surface area contributed by atoms with Crippen LogP contribution in [0.5, 0.6) is 0 Å². The Kier molecular flexibility index (Phi) is 5.41. The lowest BCUT2D eigenvalue weighted by atomic mass is 10.1. The van der Waals surface area contributed by atoms with Gasteiger partial charge in [0.25, 0.3) is 5.82 Å². The van der Waals surface area contributed by atoms with E-state index in [1.165, 1.54) is 0 Å². The summed E-state index contributed by atoms with van der Waals surface area (Å²) in [7, 11) is 0. The number of ketones is 1. The van der Waals surface area contributed by atoms with Crippen molar-refractivity contribution in [2.75, 3.05) is 0 Å². The summed E-state index contributed by atoms with van der Waals surface area (Å²) >= 11 is 5.88. The molecule has 0 saturated heterocycles. The van der Waals surface area contributed by atoms with Crippen molar-refractivity contribution < 1.29 is 9.36 Å². The molecule has 0 saturated carbocycles. The highest BCUT2D eigenvalue weighted by atomic mass is 35.5. The van der Waals surface area contributed by atoms with Crippen molar-refractivity contribution in [3.8, 4) is 0 Å². The molecule has 1 heterocycles. The van der Waals surface area contributed by atoms with Crippen LogP contribution in [-0.4, -0.2) is 16.7 Å². The van der Waals surface area contributed by atoms with Crippen molar-refractivity contribution in [2.45, 2.75) is 19.9 Å². The summed E-state index contributed by atoms with van der Waals surface area (Å²) in [5, 5.41) is 5.13. The molecule has 4 nitrogen and oxygen atoms in total. The zero-order valence-corrected chi connectivity index (χ0v) is 14.7. The summed E-state index contributed by atoms with van der Waals surface area (Å²) in [6.45, 7) is 2.33. The van der Waals surface area contributed by atoms with Gasteiger partial charge in [-0.15, -0.1) is 4.68 Å². The van der Waals surface area contributed by atoms with Gasteiger partial charge in [-0.05, 0) is 29.8 Å². The van der Waals surface area contributed by atoms with Gasteiger partial charge in [-0.1, -0.05) is 54.0 Å². The molecule has 0 aliphatic heterocycles. The molecule has 25 heavy (non-hydrogen) atoms. The van der Waals surface area contributed by atoms with Gasteiger partial charge in [-0.3, -0.25) is 4.79 Å². The van der Waals surface area contributed by atoms with E-state index < -0.39 is 0 Å². The maximum Gasteiger partial charge on any atom is 0.282 e. The molecule has 0 spiro atoms. The largest absolute Gasteiger partial charge is 0.290 e. The van der Waals surface area contributed by atoms with Gasteiger partial charge in [-0.2, -0.15) is 0 Å². The number of benzene rings is 2. The molecule has 0 radical (unpaired) electrons. The number of nitrogens with zero attached hydrogens (tertiary/aromatic N) is 3. The number of Topliss-reactive ketones (excluding diaryl/α,β-unsaturated/α-hetero) is 1.